The summed E-state index contributed by atoms with van der Waals surface area (Å²) in [6.07, 6.45) is 7.62. The minimum atomic E-state index is 0.614. The van der Waals surface area contributed by atoms with Crippen LogP contribution in [-0.4, -0.2) is 63.4 Å². The van der Waals surface area contributed by atoms with Gasteiger partial charge in [-0.3, -0.25) is 15.4 Å². The van der Waals surface area contributed by atoms with Crippen molar-refractivity contribution in [1.82, 2.24) is 25.3 Å². The lowest BCUT2D eigenvalue weighted by atomic mass is 10.1. The van der Waals surface area contributed by atoms with E-state index in [9.17, 15) is 0 Å². The second-order valence-electron chi connectivity index (χ2n) is 6.21. The highest BCUT2D eigenvalue weighted by atomic mass is 35.5. The van der Waals surface area contributed by atoms with Crippen LogP contribution in [0.25, 0.3) is 0 Å². The third-order valence-corrected chi connectivity index (χ3v) is 5.23. The van der Waals surface area contributed by atoms with Crippen LogP contribution < -0.4 is 15.6 Å². The molecule has 0 aliphatic carbocycles. The van der Waals surface area contributed by atoms with Crippen LogP contribution in [0.1, 0.15) is 12.1 Å². The van der Waals surface area contributed by atoms with Gasteiger partial charge in [-0.05, 0) is 18.3 Å². The Morgan fingerprint density at radius 2 is 2.04 bits per heavy atom. The van der Waals surface area contributed by atoms with E-state index in [1.54, 1.807) is 30.9 Å². The van der Waals surface area contributed by atoms with Crippen LogP contribution in [0.3, 0.4) is 0 Å². The molecule has 2 aromatic rings. The van der Waals surface area contributed by atoms with Gasteiger partial charge in [0.05, 0.1) is 22.6 Å². The fourth-order valence-electron chi connectivity index (χ4n) is 3.14. The van der Waals surface area contributed by atoms with Gasteiger partial charge in [-0.15, -0.1) is 0 Å². The first-order chi connectivity index (χ1) is 13.2. The molecule has 0 amide bonds. The predicted molar refractivity (Wildman–Crippen MR) is 110 cm³/mol. The summed E-state index contributed by atoms with van der Waals surface area (Å²) in [5, 5.41) is 9.04. The lowest BCUT2D eigenvalue weighted by Crippen LogP contribution is -2.51. The maximum absolute atomic E-state index is 6.23. The number of hydrogen-bond donors (Lipinski definition) is 2. The Balaban J connectivity index is 1.37. The van der Waals surface area contributed by atoms with Gasteiger partial charge in [0.25, 0.3) is 0 Å². The van der Waals surface area contributed by atoms with Crippen molar-refractivity contribution in [3.63, 3.8) is 0 Å². The Bertz CT molecular complexity index is 851. The van der Waals surface area contributed by atoms with Gasteiger partial charge in [0, 0.05) is 57.7 Å². The summed E-state index contributed by atoms with van der Waals surface area (Å²) in [6, 6.07) is 1.77. The molecule has 2 aromatic heterocycles. The number of thiocarbonyl (C=S) groups is 1. The summed E-state index contributed by atoms with van der Waals surface area (Å²) < 4.78 is 0. The van der Waals surface area contributed by atoms with Gasteiger partial charge in [-0.2, -0.15) is 5.10 Å². The number of fused-ring (bicyclic) bond motifs is 1. The summed E-state index contributed by atoms with van der Waals surface area (Å²) in [7, 11) is 0. The zero-order chi connectivity index (χ0) is 18.6. The largest absolute Gasteiger partial charge is 0.382 e. The lowest BCUT2D eigenvalue weighted by Gasteiger charge is -2.36. The third-order valence-electron chi connectivity index (χ3n) is 4.56. The molecule has 0 saturated carbocycles. The summed E-state index contributed by atoms with van der Waals surface area (Å²) >= 11 is 11.8. The Labute approximate surface area is 167 Å². The van der Waals surface area contributed by atoms with Crippen LogP contribution in [0, 0.1) is 0 Å². The minimum absolute atomic E-state index is 0.614. The normalized spacial score (nSPS) is 18.0. The number of anilines is 2. The van der Waals surface area contributed by atoms with E-state index in [1.807, 2.05) is 0 Å². The quantitative estimate of drug-likeness (QED) is 0.580. The number of nitrogens with zero attached hydrogens (tertiary/aromatic N) is 6. The van der Waals surface area contributed by atoms with Gasteiger partial charge in [0.2, 0.25) is 0 Å². The predicted octanol–water partition coefficient (Wildman–Crippen LogP) is 1.74. The minimum Gasteiger partial charge on any atom is -0.382 e. The van der Waals surface area contributed by atoms with E-state index in [4.69, 9.17) is 23.8 Å². The van der Waals surface area contributed by atoms with E-state index in [1.165, 1.54) is 0 Å². The molecule has 0 atom stereocenters. The van der Waals surface area contributed by atoms with Crippen molar-refractivity contribution in [2.45, 2.75) is 6.42 Å². The molecule has 1 saturated heterocycles. The molecule has 27 heavy (non-hydrogen) atoms. The molecule has 1 fully saturated rings. The maximum atomic E-state index is 6.23. The van der Waals surface area contributed by atoms with Crippen LogP contribution >= 0.6 is 23.8 Å². The van der Waals surface area contributed by atoms with Crippen LogP contribution in [-0.2, 0) is 0 Å². The molecule has 2 N–H and O–H groups in total. The third kappa shape index (κ3) is 3.93. The van der Waals surface area contributed by atoms with E-state index in [0.717, 1.165) is 62.1 Å². The highest BCUT2D eigenvalue weighted by Gasteiger charge is 2.22. The first-order valence-electron chi connectivity index (χ1n) is 8.73. The number of halogens is 1. The van der Waals surface area contributed by atoms with Crippen LogP contribution in [0.15, 0.2) is 36.0 Å². The van der Waals surface area contributed by atoms with E-state index in [0.29, 0.717) is 10.1 Å². The number of piperazine rings is 1. The molecule has 4 heterocycles. The van der Waals surface area contributed by atoms with Gasteiger partial charge >= 0.3 is 0 Å². The fraction of sp³-hybridized carbons (Fsp3) is 0.353. The van der Waals surface area contributed by atoms with Crippen molar-refractivity contribution in [1.29, 1.82) is 0 Å². The molecule has 2 aliphatic heterocycles. The van der Waals surface area contributed by atoms with Crippen molar-refractivity contribution in [2.24, 2.45) is 5.10 Å². The molecule has 0 spiro atoms. The summed E-state index contributed by atoms with van der Waals surface area (Å²) in [4.78, 5) is 17.2. The number of aromatic nitrogens is 3. The molecule has 4 rings (SSSR count). The fourth-order valence-corrected chi connectivity index (χ4v) is 3.58. The van der Waals surface area contributed by atoms with E-state index in [2.05, 4.69) is 40.6 Å². The number of pyridine rings is 1. The average molecular weight is 403 g/mol. The van der Waals surface area contributed by atoms with Crippen LogP contribution in [0.2, 0.25) is 5.02 Å². The molecule has 10 heteroatoms. The molecular formula is C17H19ClN8S. The summed E-state index contributed by atoms with van der Waals surface area (Å²) in [5.41, 5.74) is 5.48. The zero-order valence-corrected chi connectivity index (χ0v) is 16.2. The lowest BCUT2D eigenvalue weighted by molar-refractivity contribution is 0.379. The molecule has 0 aromatic carbocycles. The van der Waals surface area contributed by atoms with Crippen molar-refractivity contribution in [3.8, 4) is 0 Å². The molecule has 2 aliphatic rings. The topological polar surface area (TPSA) is 81.6 Å². The first kappa shape index (κ1) is 17.9. The van der Waals surface area contributed by atoms with E-state index in [-0.39, 0.29) is 0 Å². The van der Waals surface area contributed by atoms with Crippen molar-refractivity contribution < 1.29 is 0 Å². The standard InChI is InChI=1S/C17H19ClN8S/c18-12-1-3-22-16-13(2-4-21-15(12)16)23-24-17(27)26-9-7-25(8-10-26)14-11-19-5-6-20-14/h1,3,5-6,11,21H,2,4,7-10H2,(H,24,27)/b23-13-. The second kappa shape index (κ2) is 8.01. The van der Waals surface area contributed by atoms with Crippen molar-refractivity contribution in [2.75, 3.05) is 42.9 Å². The highest BCUT2D eigenvalue weighted by Crippen LogP contribution is 2.28. The van der Waals surface area contributed by atoms with E-state index >= 15 is 0 Å². The summed E-state index contributed by atoms with van der Waals surface area (Å²) in [5.74, 6) is 0.894. The first-order valence-corrected chi connectivity index (χ1v) is 9.52. The second-order valence-corrected chi connectivity index (χ2v) is 7.00. The average Bonchev–Trinajstić information content (AvgIpc) is 2.73. The smallest absolute Gasteiger partial charge is 0.189 e. The summed E-state index contributed by atoms with van der Waals surface area (Å²) in [6.45, 7) is 4.04. The van der Waals surface area contributed by atoms with Crippen molar-refractivity contribution in [3.05, 3.63) is 41.6 Å². The molecule has 0 radical (unpaired) electrons. The molecular weight excluding hydrogens is 384 g/mol. The number of rotatable bonds is 2. The SMILES string of the molecule is S=C(N/N=C1/CCNc2c(Cl)ccnc21)N1CCN(c2cnccn2)CC1. The zero-order valence-electron chi connectivity index (χ0n) is 14.6. The highest BCUT2D eigenvalue weighted by molar-refractivity contribution is 7.80. The van der Waals surface area contributed by atoms with Gasteiger partial charge in [0.15, 0.2) is 5.11 Å². The van der Waals surface area contributed by atoms with Gasteiger partial charge in [-0.25, -0.2) is 4.98 Å². The number of hydrogen-bond acceptors (Lipinski definition) is 7. The Hall–Kier alpha value is -2.52. The monoisotopic (exact) mass is 402 g/mol. The molecule has 0 bridgehead atoms. The van der Waals surface area contributed by atoms with Gasteiger partial charge < -0.3 is 15.1 Å². The molecule has 8 nitrogen and oxygen atoms in total. The Morgan fingerprint density at radius 3 is 2.81 bits per heavy atom. The van der Waals surface area contributed by atoms with Crippen LogP contribution in [0.5, 0.6) is 0 Å². The molecule has 0 unspecified atom stereocenters. The number of hydrazone groups is 1. The van der Waals surface area contributed by atoms with Crippen LogP contribution in [0.4, 0.5) is 11.5 Å². The molecule has 140 valence electrons. The van der Waals surface area contributed by atoms with Crippen molar-refractivity contribution >= 4 is 46.1 Å². The van der Waals surface area contributed by atoms with E-state index < -0.39 is 0 Å². The Morgan fingerprint density at radius 1 is 1.19 bits per heavy atom. The van der Waals surface area contributed by atoms with Gasteiger partial charge in [0.1, 0.15) is 11.5 Å². The van der Waals surface area contributed by atoms with Gasteiger partial charge in [-0.1, -0.05) is 11.6 Å². The number of nitrogens with one attached hydrogen (secondary N) is 2. The Kier molecular flexibility index (Phi) is 5.30. The maximum Gasteiger partial charge on any atom is 0.189 e.